The third-order valence-corrected chi connectivity index (χ3v) is 4.10. The Labute approximate surface area is 121 Å². The number of nitrogens with one attached hydrogen (secondary N) is 1. The standard InChI is InChI=1S/C15H27N3O2/c1-11(2)10-14(19)18-8-6-17(7-9-18)12(3)15(20)16-13-4-5-13/h11-13H,4-10H2,1-3H3,(H,16,20). The van der Waals surface area contributed by atoms with Crippen LogP contribution in [0.2, 0.25) is 0 Å². The maximum absolute atomic E-state index is 12.0. The van der Waals surface area contributed by atoms with Gasteiger partial charge in [-0.25, -0.2) is 0 Å². The number of piperazine rings is 1. The molecule has 1 atom stereocenters. The summed E-state index contributed by atoms with van der Waals surface area (Å²) in [7, 11) is 0. The van der Waals surface area contributed by atoms with Crippen LogP contribution < -0.4 is 5.32 Å². The average molecular weight is 281 g/mol. The van der Waals surface area contributed by atoms with Crippen LogP contribution in [0, 0.1) is 5.92 Å². The Morgan fingerprint density at radius 3 is 2.20 bits per heavy atom. The molecule has 1 aliphatic heterocycles. The molecular formula is C15H27N3O2. The maximum Gasteiger partial charge on any atom is 0.237 e. The van der Waals surface area contributed by atoms with Crippen LogP contribution in [0.4, 0.5) is 0 Å². The normalized spacial score (nSPS) is 21.9. The summed E-state index contributed by atoms with van der Waals surface area (Å²) in [6.07, 6.45) is 2.86. The monoisotopic (exact) mass is 281 g/mol. The van der Waals surface area contributed by atoms with Gasteiger partial charge < -0.3 is 10.2 Å². The molecule has 0 aromatic heterocycles. The summed E-state index contributed by atoms with van der Waals surface area (Å²) in [5.74, 6) is 0.785. The Morgan fingerprint density at radius 2 is 1.70 bits per heavy atom. The van der Waals surface area contributed by atoms with Crippen LogP contribution in [-0.4, -0.2) is 59.9 Å². The van der Waals surface area contributed by atoms with Crippen molar-refractivity contribution in [2.75, 3.05) is 26.2 Å². The predicted molar refractivity (Wildman–Crippen MR) is 78.2 cm³/mol. The number of carbonyl (C=O) groups excluding carboxylic acids is 2. The summed E-state index contributed by atoms with van der Waals surface area (Å²) in [6.45, 7) is 9.17. The molecule has 2 fully saturated rings. The minimum Gasteiger partial charge on any atom is -0.352 e. The molecule has 0 radical (unpaired) electrons. The fraction of sp³-hybridized carbons (Fsp3) is 0.867. The van der Waals surface area contributed by atoms with E-state index in [0.717, 1.165) is 39.0 Å². The molecule has 5 nitrogen and oxygen atoms in total. The summed E-state index contributed by atoms with van der Waals surface area (Å²) in [6, 6.07) is 0.330. The topological polar surface area (TPSA) is 52.7 Å². The largest absolute Gasteiger partial charge is 0.352 e. The van der Waals surface area contributed by atoms with Crippen molar-refractivity contribution < 1.29 is 9.59 Å². The molecule has 1 saturated heterocycles. The van der Waals surface area contributed by atoms with Gasteiger partial charge in [0.1, 0.15) is 0 Å². The lowest BCUT2D eigenvalue weighted by Crippen LogP contribution is -2.55. The molecule has 0 aromatic carbocycles. The number of hydrogen-bond acceptors (Lipinski definition) is 3. The van der Waals surface area contributed by atoms with Gasteiger partial charge in [-0.15, -0.1) is 0 Å². The number of amides is 2. The summed E-state index contributed by atoms with van der Waals surface area (Å²) in [4.78, 5) is 28.1. The zero-order valence-corrected chi connectivity index (χ0v) is 12.9. The van der Waals surface area contributed by atoms with E-state index in [-0.39, 0.29) is 17.9 Å². The van der Waals surface area contributed by atoms with Crippen LogP contribution in [0.3, 0.4) is 0 Å². The highest BCUT2D eigenvalue weighted by atomic mass is 16.2. The van der Waals surface area contributed by atoms with Crippen molar-refractivity contribution in [3.63, 3.8) is 0 Å². The van der Waals surface area contributed by atoms with Crippen LogP contribution >= 0.6 is 0 Å². The lowest BCUT2D eigenvalue weighted by Gasteiger charge is -2.37. The SMILES string of the molecule is CC(C)CC(=O)N1CCN(C(C)C(=O)NC2CC2)CC1. The molecule has 0 spiro atoms. The molecule has 1 heterocycles. The second kappa shape index (κ2) is 6.57. The Kier molecular flexibility index (Phi) is 5.02. The van der Waals surface area contributed by atoms with Crippen molar-refractivity contribution in [2.45, 2.75) is 52.1 Å². The van der Waals surface area contributed by atoms with Gasteiger partial charge in [0.25, 0.3) is 0 Å². The van der Waals surface area contributed by atoms with Crippen LogP contribution in [0.25, 0.3) is 0 Å². The number of hydrogen-bond donors (Lipinski definition) is 1. The van der Waals surface area contributed by atoms with Gasteiger partial charge in [0.2, 0.25) is 11.8 Å². The molecular weight excluding hydrogens is 254 g/mol. The number of nitrogens with zero attached hydrogens (tertiary/aromatic N) is 2. The molecule has 1 N–H and O–H groups in total. The van der Waals surface area contributed by atoms with E-state index >= 15 is 0 Å². The van der Waals surface area contributed by atoms with Crippen LogP contribution in [0.15, 0.2) is 0 Å². The molecule has 0 aromatic rings. The smallest absolute Gasteiger partial charge is 0.237 e. The van der Waals surface area contributed by atoms with Crippen molar-refractivity contribution in [3.8, 4) is 0 Å². The Bertz CT molecular complexity index is 358. The predicted octanol–water partition coefficient (Wildman–Crippen LogP) is 0.844. The molecule has 5 heteroatoms. The van der Waals surface area contributed by atoms with E-state index in [1.54, 1.807) is 0 Å². The van der Waals surface area contributed by atoms with Gasteiger partial charge in [0.05, 0.1) is 6.04 Å². The third-order valence-electron chi connectivity index (χ3n) is 4.10. The van der Waals surface area contributed by atoms with Crippen molar-refractivity contribution in [1.82, 2.24) is 15.1 Å². The molecule has 20 heavy (non-hydrogen) atoms. The number of carbonyl (C=O) groups is 2. The minimum absolute atomic E-state index is 0.0852. The van der Waals surface area contributed by atoms with Crippen molar-refractivity contribution in [3.05, 3.63) is 0 Å². The Hall–Kier alpha value is -1.10. The van der Waals surface area contributed by atoms with Gasteiger partial charge in [0, 0.05) is 38.6 Å². The molecule has 1 saturated carbocycles. The van der Waals surface area contributed by atoms with Crippen LogP contribution in [-0.2, 0) is 9.59 Å². The number of rotatable bonds is 5. The first kappa shape index (κ1) is 15.3. The maximum atomic E-state index is 12.0. The molecule has 2 aliphatic rings. The minimum atomic E-state index is -0.0852. The Morgan fingerprint density at radius 1 is 1.10 bits per heavy atom. The van der Waals surface area contributed by atoms with E-state index in [9.17, 15) is 9.59 Å². The van der Waals surface area contributed by atoms with Crippen LogP contribution in [0.5, 0.6) is 0 Å². The molecule has 2 amide bonds. The molecule has 0 bridgehead atoms. The van der Waals surface area contributed by atoms with Crippen molar-refractivity contribution in [1.29, 1.82) is 0 Å². The Balaban J connectivity index is 1.75. The van der Waals surface area contributed by atoms with E-state index in [2.05, 4.69) is 24.1 Å². The fourth-order valence-electron chi connectivity index (χ4n) is 2.55. The highest BCUT2D eigenvalue weighted by Gasteiger charge is 2.30. The lowest BCUT2D eigenvalue weighted by atomic mass is 10.1. The van der Waals surface area contributed by atoms with Gasteiger partial charge >= 0.3 is 0 Å². The van der Waals surface area contributed by atoms with Gasteiger partial charge in [-0.05, 0) is 25.7 Å². The highest BCUT2D eigenvalue weighted by Crippen LogP contribution is 2.19. The third kappa shape index (κ3) is 4.20. The quantitative estimate of drug-likeness (QED) is 0.812. The summed E-state index contributed by atoms with van der Waals surface area (Å²) in [5, 5.41) is 3.05. The highest BCUT2D eigenvalue weighted by molar-refractivity contribution is 5.82. The molecule has 114 valence electrons. The zero-order valence-electron chi connectivity index (χ0n) is 12.9. The summed E-state index contributed by atoms with van der Waals surface area (Å²) < 4.78 is 0. The molecule has 1 unspecified atom stereocenters. The average Bonchev–Trinajstić information content (AvgIpc) is 3.21. The van der Waals surface area contributed by atoms with E-state index in [0.29, 0.717) is 18.4 Å². The fourth-order valence-corrected chi connectivity index (χ4v) is 2.55. The summed E-state index contributed by atoms with van der Waals surface area (Å²) in [5.41, 5.74) is 0. The van der Waals surface area contributed by atoms with Crippen molar-refractivity contribution in [2.24, 2.45) is 5.92 Å². The van der Waals surface area contributed by atoms with Gasteiger partial charge in [-0.3, -0.25) is 14.5 Å². The van der Waals surface area contributed by atoms with E-state index in [4.69, 9.17) is 0 Å². The lowest BCUT2D eigenvalue weighted by molar-refractivity contribution is -0.134. The van der Waals surface area contributed by atoms with Crippen LogP contribution in [0.1, 0.15) is 40.0 Å². The van der Waals surface area contributed by atoms with E-state index < -0.39 is 0 Å². The van der Waals surface area contributed by atoms with E-state index in [1.807, 2.05) is 11.8 Å². The first-order valence-corrected chi connectivity index (χ1v) is 7.79. The second-order valence-corrected chi connectivity index (χ2v) is 6.47. The van der Waals surface area contributed by atoms with E-state index in [1.165, 1.54) is 0 Å². The summed E-state index contributed by atoms with van der Waals surface area (Å²) >= 11 is 0. The van der Waals surface area contributed by atoms with Gasteiger partial charge in [0.15, 0.2) is 0 Å². The first-order chi connectivity index (χ1) is 9.47. The first-order valence-electron chi connectivity index (χ1n) is 7.79. The van der Waals surface area contributed by atoms with Crippen molar-refractivity contribution >= 4 is 11.8 Å². The molecule has 2 rings (SSSR count). The van der Waals surface area contributed by atoms with Gasteiger partial charge in [-0.1, -0.05) is 13.8 Å². The zero-order chi connectivity index (χ0) is 14.7. The molecule has 1 aliphatic carbocycles. The van der Waals surface area contributed by atoms with Gasteiger partial charge in [-0.2, -0.15) is 0 Å². The second-order valence-electron chi connectivity index (χ2n) is 6.47.